The number of nitrogens with zero attached hydrogens (tertiary/aromatic N) is 1. The summed E-state index contributed by atoms with van der Waals surface area (Å²) in [6.45, 7) is 14.1. The van der Waals surface area contributed by atoms with Crippen LogP contribution in [0.3, 0.4) is 0 Å². The molecule has 0 aliphatic rings. The number of rotatable bonds is 60. The Kier molecular flexibility index (Phi) is 48.9. The molecule has 3 rings (SSSR count). The number of aromatic nitrogens is 2. The lowest BCUT2D eigenvalue weighted by molar-refractivity contribution is -0.142. The molecular formula is C82H132N24O19S. The number of nitrogens with two attached hydrogens (primary N) is 6. The van der Waals surface area contributed by atoms with E-state index in [2.05, 4.69) is 89.7 Å². The molecule has 0 saturated heterocycles. The van der Waals surface area contributed by atoms with Gasteiger partial charge in [0.05, 0.1) is 24.9 Å². The van der Waals surface area contributed by atoms with E-state index in [1.807, 2.05) is 0 Å². The number of nitrogens with one attached hydrogen (secondary N) is 17. The number of carboxylic acid groups (broad SMARTS) is 1. The zero-order valence-corrected chi connectivity index (χ0v) is 74.0. The van der Waals surface area contributed by atoms with E-state index in [1.165, 1.54) is 45.1 Å². The number of aromatic amines is 1. The number of amides is 16. The topological polar surface area (TPSA) is 720 Å². The van der Waals surface area contributed by atoms with Crippen molar-refractivity contribution in [1.29, 1.82) is 5.41 Å². The number of carbonyl (C=O) groups is 17. The Labute approximate surface area is 737 Å². The highest BCUT2D eigenvalue weighted by Gasteiger charge is 2.40. The summed E-state index contributed by atoms with van der Waals surface area (Å²) in [6.07, 6.45) is 2.68. The Morgan fingerprint density at radius 3 is 1.28 bits per heavy atom. The molecule has 126 heavy (non-hydrogen) atoms. The van der Waals surface area contributed by atoms with Crippen LogP contribution in [0.2, 0.25) is 0 Å². The van der Waals surface area contributed by atoms with E-state index in [4.69, 9.17) is 39.8 Å². The van der Waals surface area contributed by atoms with Crippen molar-refractivity contribution in [2.45, 2.75) is 262 Å². The number of thioether (sulfide) groups is 1. The fourth-order valence-electron chi connectivity index (χ4n) is 12.7. The van der Waals surface area contributed by atoms with Crippen LogP contribution in [0, 0.1) is 23.2 Å². The number of aliphatic carboxylic acids is 1. The molecule has 16 amide bonds. The molecule has 1 heterocycles. The summed E-state index contributed by atoms with van der Waals surface area (Å²) < 4.78 is 0. The molecule has 0 aliphatic carbocycles. The van der Waals surface area contributed by atoms with Gasteiger partial charge in [-0.25, -0.2) is 9.78 Å². The fourth-order valence-corrected chi connectivity index (χ4v) is 13.2. The zero-order valence-electron chi connectivity index (χ0n) is 73.2. The zero-order chi connectivity index (χ0) is 94.4. The molecule has 0 saturated carbocycles. The Morgan fingerprint density at radius 1 is 0.437 bits per heavy atom. The predicted octanol–water partition coefficient (Wildman–Crippen LogP) is -5.17. The van der Waals surface area contributed by atoms with Crippen molar-refractivity contribution < 1.29 is 91.7 Å². The molecule has 43 nitrogen and oxygen atoms in total. The highest BCUT2D eigenvalue weighted by Crippen LogP contribution is 2.17. The van der Waals surface area contributed by atoms with E-state index >= 15 is 0 Å². The molecule has 31 N–H and O–H groups in total. The maximum Gasteiger partial charge on any atom is 0.326 e. The first-order valence-electron chi connectivity index (χ1n) is 42.1. The third-order valence-corrected chi connectivity index (χ3v) is 21.0. The third-order valence-electron chi connectivity index (χ3n) is 20.4. The van der Waals surface area contributed by atoms with Crippen molar-refractivity contribution in [3.63, 3.8) is 0 Å². The van der Waals surface area contributed by atoms with E-state index in [0.717, 1.165) is 0 Å². The van der Waals surface area contributed by atoms with Gasteiger partial charge < -0.3 is 129 Å². The predicted molar refractivity (Wildman–Crippen MR) is 468 cm³/mol. The number of aliphatic hydroxyl groups excluding tert-OH is 1. The SMILES string of the molecule is CC[C@H](C)[C@H](NC(=O)[C@H](Cc1ccccc1)NC(=O)[C@@H](NC(=O)[C@H](C)NC(=O)[C@H](CCSC)NC(=O)[C@H](CCC(N)=O)NC(=O)[C@@H](NC(=O)[C@H](C)NC(=O)[C@@H](NC(=O)[C@@H](N)CCCCN)[C@@H](C)O)C(C)C)C(C)C)C(=O)N[C@@H](Cc1cnc[nH]1)C(=O)N[C@@H](CC(N)=O)C(=O)N[C@@H](Cc1ccccc1)C(=O)N[C@@H](CCCCN)C(=O)N[C@@H](CCCNC(=N)N)C(=O)O. The van der Waals surface area contributed by atoms with E-state index in [1.54, 1.807) is 108 Å². The molecule has 2 aromatic carbocycles. The summed E-state index contributed by atoms with van der Waals surface area (Å²) in [5.74, 6) is -18.7. The van der Waals surface area contributed by atoms with Gasteiger partial charge in [0.25, 0.3) is 0 Å². The first-order valence-corrected chi connectivity index (χ1v) is 43.5. The van der Waals surface area contributed by atoms with Crippen molar-refractivity contribution in [1.82, 2.24) is 89.7 Å². The molecule has 0 bridgehead atoms. The number of primary amides is 2. The molecule has 700 valence electrons. The monoisotopic (exact) mass is 1790 g/mol. The molecule has 44 heteroatoms. The van der Waals surface area contributed by atoms with Crippen molar-refractivity contribution in [3.05, 3.63) is 90.0 Å². The van der Waals surface area contributed by atoms with Crippen LogP contribution in [0.25, 0.3) is 0 Å². The van der Waals surface area contributed by atoms with Gasteiger partial charge in [0.15, 0.2) is 5.96 Å². The lowest BCUT2D eigenvalue weighted by Gasteiger charge is -2.30. The lowest BCUT2D eigenvalue weighted by atomic mass is 9.96. The van der Waals surface area contributed by atoms with E-state index in [9.17, 15) is 91.7 Å². The van der Waals surface area contributed by atoms with Crippen LogP contribution >= 0.6 is 11.8 Å². The number of carboxylic acids is 1. The number of H-pyrrole nitrogens is 1. The Balaban J connectivity index is 1.92. The average molecular weight is 1790 g/mol. The summed E-state index contributed by atoms with van der Waals surface area (Å²) in [6, 6.07) is -5.37. The van der Waals surface area contributed by atoms with Crippen LogP contribution in [-0.2, 0) is 101 Å². The number of hydrogen-bond acceptors (Lipinski definition) is 24. The number of guanidine groups is 1. The van der Waals surface area contributed by atoms with Crippen LogP contribution in [0.15, 0.2) is 73.2 Å². The minimum Gasteiger partial charge on any atom is -0.480 e. The number of imidazole rings is 1. The van der Waals surface area contributed by atoms with E-state index in [0.29, 0.717) is 36.9 Å². The van der Waals surface area contributed by atoms with Crippen molar-refractivity contribution in [2.75, 3.05) is 31.6 Å². The van der Waals surface area contributed by atoms with Gasteiger partial charge in [-0.2, -0.15) is 11.8 Å². The van der Waals surface area contributed by atoms with Crippen molar-refractivity contribution in [2.24, 2.45) is 52.2 Å². The Bertz CT molecular complexity index is 4080. The van der Waals surface area contributed by atoms with Crippen LogP contribution in [-0.4, -0.2) is 255 Å². The van der Waals surface area contributed by atoms with Crippen molar-refractivity contribution >= 4 is 118 Å². The fraction of sp³-hybridized carbons (Fsp3) is 0.598. The number of aliphatic hydroxyl groups is 1. The molecule has 3 aromatic rings. The highest BCUT2D eigenvalue weighted by molar-refractivity contribution is 7.98. The number of hydrogen-bond donors (Lipinski definition) is 25. The van der Waals surface area contributed by atoms with E-state index < -0.39 is 234 Å². The Morgan fingerprint density at radius 2 is 0.825 bits per heavy atom. The molecule has 0 unspecified atom stereocenters. The maximum atomic E-state index is 15.0. The van der Waals surface area contributed by atoms with Gasteiger partial charge in [-0.3, -0.25) is 82.1 Å². The second-order valence-corrected chi connectivity index (χ2v) is 32.6. The minimum absolute atomic E-state index is 0.0313. The molecule has 17 atom stereocenters. The summed E-state index contributed by atoms with van der Waals surface area (Å²) in [7, 11) is 0. The van der Waals surface area contributed by atoms with Gasteiger partial charge in [-0.1, -0.05) is 115 Å². The first kappa shape index (κ1) is 108. The molecule has 0 radical (unpaired) electrons. The molecule has 0 fully saturated rings. The smallest absolute Gasteiger partial charge is 0.326 e. The van der Waals surface area contributed by atoms with Gasteiger partial charge in [-0.05, 0) is 133 Å². The third kappa shape index (κ3) is 39.5. The second-order valence-electron chi connectivity index (χ2n) is 31.6. The molecule has 0 aliphatic heterocycles. The van der Waals surface area contributed by atoms with Crippen molar-refractivity contribution in [3.8, 4) is 0 Å². The van der Waals surface area contributed by atoms with Crippen LogP contribution in [0.5, 0.6) is 0 Å². The quantitative estimate of drug-likeness (QED) is 0.0143. The summed E-state index contributed by atoms with van der Waals surface area (Å²) in [5.41, 5.74) is 35.1. The largest absolute Gasteiger partial charge is 0.480 e. The molecule has 0 spiro atoms. The van der Waals surface area contributed by atoms with Crippen LogP contribution in [0.1, 0.15) is 163 Å². The standard InChI is InChI=1S/C82H132N24O19S/c1-11-45(6)65(79(122)102-59(39-51-41-90-42-92-51)74(117)100-60(40-62(87)109)75(118)99-57(37-49-23-14-12-15-24-49)73(116)95-53(28-19-21-34-84)71(114)98-56(81(124)125)29-22-35-91-82(88)89)105-76(119)58(38-50-25-16-13-17-26-50)101-78(121)64(44(4)5)104-67(110)46(7)93-70(113)55(32-36-126-10)96-72(115)54(30-31-61(86)108)97-77(120)63(43(2)3)103-68(111)47(8)94-80(123)66(48(9)107)106-69(112)52(85)27-18-20-33-83/h12-17,23-26,41-48,52-60,63-66,107H,11,18-22,27-40,83-85H2,1-10H3,(H2,86,108)(H2,87,109)(H,90,92)(H,93,113)(H,94,123)(H,95,116)(H,96,115)(H,97,120)(H,98,114)(H,99,118)(H,100,117)(H,101,121)(H,102,122)(H,103,111)(H,104,110)(H,105,119)(H,106,112)(H,124,125)(H4,88,89,91)/t45-,46-,47-,48+,52-,53-,54-,55-,56-,57-,58-,59-,60-,63-,64-,65-,66-/m0/s1. The lowest BCUT2D eigenvalue weighted by Crippen LogP contribution is -2.62. The summed E-state index contributed by atoms with van der Waals surface area (Å²) >= 11 is 1.29. The average Bonchev–Trinajstić information content (AvgIpc) is 0.886. The van der Waals surface area contributed by atoms with Crippen LogP contribution in [0.4, 0.5) is 0 Å². The highest BCUT2D eigenvalue weighted by atomic mass is 32.2. The summed E-state index contributed by atoms with van der Waals surface area (Å²) in [5, 5.41) is 66.3. The van der Waals surface area contributed by atoms with Gasteiger partial charge in [0, 0.05) is 44.1 Å². The molecular weight excluding hydrogens is 1660 g/mol. The van der Waals surface area contributed by atoms with Gasteiger partial charge in [-0.15, -0.1) is 0 Å². The summed E-state index contributed by atoms with van der Waals surface area (Å²) in [4.78, 5) is 244. The first-order chi connectivity index (χ1) is 59.5. The second kappa shape index (κ2) is 56.9. The van der Waals surface area contributed by atoms with Gasteiger partial charge in [0.2, 0.25) is 94.5 Å². The maximum absolute atomic E-state index is 15.0. The molecule has 1 aromatic heterocycles. The number of unbranched alkanes of at least 4 members (excludes halogenated alkanes) is 2. The van der Waals surface area contributed by atoms with Crippen LogP contribution < -0.4 is 114 Å². The minimum atomic E-state index is -1.85. The van der Waals surface area contributed by atoms with Gasteiger partial charge in [0.1, 0.15) is 84.6 Å². The normalized spacial score (nSPS) is 15.2. The number of carbonyl (C=O) groups excluding carboxylic acids is 16. The number of benzene rings is 2. The van der Waals surface area contributed by atoms with Gasteiger partial charge >= 0.3 is 5.97 Å². The van der Waals surface area contributed by atoms with E-state index in [-0.39, 0.29) is 94.7 Å². The Hall–Kier alpha value is -11.9.